The Bertz CT molecular complexity index is 535. The zero-order valence-corrected chi connectivity index (χ0v) is 16.4. The van der Waals surface area contributed by atoms with Crippen LogP contribution in [0.5, 0.6) is 0 Å². The molecule has 3 nitrogen and oxygen atoms in total. The van der Waals surface area contributed by atoms with E-state index in [-0.39, 0.29) is 17.3 Å². The monoisotopic (exact) mass is 348 g/mol. The van der Waals surface area contributed by atoms with Gasteiger partial charge in [-0.25, -0.2) is 0 Å². The highest BCUT2D eigenvalue weighted by molar-refractivity contribution is 5.22. The van der Waals surface area contributed by atoms with E-state index in [0.717, 1.165) is 44.8 Å². The quantitative estimate of drug-likeness (QED) is 0.742. The largest absolute Gasteiger partial charge is 0.393 e. The molecule has 1 N–H and O–H groups in total. The van der Waals surface area contributed by atoms with Crippen molar-refractivity contribution in [1.29, 1.82) is 0 Å². The van der Waals surface area contributed by atoms with E-state index < -0.39 is 0 Å². The summed E-state index contributed by atoms with van der Waals surface area (Å²) in [5.74, 6) is 1.08. The molecule has 1 aliphatic heterocycles. The Balaban J connectivity index is 1.50. The molecule has 1 saturated heterocycles. The maximum atomic E-state index is 10.1. The van der Waals surface area contributed by atoms with E-state index in [1.165, 1.54) is 37.7 Å². The maximum absolute atomic E-state index is 10.1. The fraction of sp³-hybridized carbons (Fsp3) is 0.909. The molecule has 0 aromatic carbocycles. The number of fused-ring (bicyclic) bond motifs is 1. The highest BCUT2D eigenvalue weighted by Crippen LogP contribution is 2.59. The second-order valence-corrected chi connectivity index (χ2v) is 9.66. The summed E-state index contributed by atoms with van der Waals surface area (Å²) in [6.07, 6.45) is 12.6. The van der Waals surface area contributed by atoms with Crippen LogP contribution in [0.2, 0.25) is 0 Å². The highest BCUT2D eigenvalue weighted by Gasteiger charge is 2.59. The van der Waals surface area contributed by atoms with Gasteiger partial charge in [0.25, 0.3) is 0 Å². The second kappa shape index (κ2) is 6.35. The van der Waals surface area contributed by atoms with E-state index in [2.05, 4.69) is 26.8 Å². The molecular weight excluding hydrogens is 312 g/mol. The van der Waals surface area contributed by atoms with Crippen molar-refractivity contribution in [2.45, 2.75) is 90.4 Å². The first-order valence-electron chi connectivity index (χ1n) is 10.6. The SMILES string of the molecule is CC1CCC2(OCCO2)C1(C)CC[C@H]1CCC=C2CC(O)CCC21C. The lowest BCUT2D eigenvalue weighted by molar-refractivity contribution is -0.227. The maximum Gasteiger partial charge on any atom is 0.174 e. The minimum atomic E-state index is -0.316. The van der Waals surface area contributed by atoms with Gasteiger partial charge in [0.1, 0.15) is 0 Å². The smallest absolute Gasteiger partial charge is 0.174 e. The molecule has 0 aromatic heterocycles. The van der Waals surface area contributed by atoms with Crippen LogP contribution in [-0.2, 0) is 9.47 Å². The number of hydrogen-bond donors (Lipinski definition) is 1. The molecule has 1 heterocycles. The van der Waals surface area contributed by atoms with Crippen molar-refractivity contribution < 1.29 is 14.6 Å². The number of hydrogen-bond acceptors (Lipinski definition) is 3. The second-order valence-electron chi connectivity index (χ2n) is 9.66. The van der Waals surface area contributed by atoms with Crippen LogP contribution in [0.1, 0.15) is 78.6 Å². The molecule has 1 spiro atoms. The summed E-state index contributed by atoms with van der Waals surface area (Å²) in [7, 11) is 0. The minimum absolute atomic E-state index is 0.117. The number of rotatable bonds is 3. The van der Waals surface area contributed by atoms with E-state index >= 15 is 0 Å². The van der Waals surface area contributed by atoms with Crippen molar-refractivity contribution in [2.75, 3.05) is 13.2 Å². The molecule has 4 aliphatic rings. The van der Waals surface area contributed by atoms with Crippen LogP contribution in [-0.4, -0.2) is 30.2 Å². The number of ether oxygens (including phenoxy) is 2. The molecule has 0 radical (unpaired) electrons. The van der Waals surface area contributed by atoms with Crippen LogP contribution in [0, 0.1) is 22.7 Å². The number of aliphatic hydroxyl groups excluding tert-OH is 1. The molecule has 142 valence electrons. The van der Waals surface area contributed by atoms with Crippen LogP contribution in [0.3, 0.4) is 0 Å². The summed E-state index contributed by atoms with van der Waals surface area (Å²) in [5.41, 5.74) is 1.98. The summed E-state index contributed by atoms with van der Waals surface area (Å²) < 4.78 is 12.4. The number of allylic oxidation sites excluding steroid dienone is 1. The van der Waals surface area contributed by atoms with Gasteiger partial charge >= 0.3 is 0 Å². The van der Waals surface area contributed by atoms with Gasteiger partial charge in [-0.2, -0.15) is 0 Å². The lowest BCUT2D eigenvalue weighted by Crippen LogP contribution is -2.46. The van der Waals surface area contributed by atoms with Gasteiger partial charge < -0.3 is 14.6 Å². The molecule has 3 heteroatoms. The van der Waals surface area contributed by atoms with Crippen molar-refractivity contribution in [3.8, 4) is 0 Å². The molecule has 4 rings (SSSR count). The van der Waals surface area contributed by atoms with Gasteiger partial charge in [-0.1, -0.05) is 32.4 Å². The zero-order valence-electron chi connectivity index (χ0n) is 16.4. The molecular formula is C22H36O3. The van der Waals surface area contributed by atoms with Crippen LogP contribution >= 0.6 is 0 Å². The molecule has 0 amide bonds. The highest BCUT2D eigenvalue weighted by atomic mass is 16.7. The van der Waals surface area contributed by atoms with Crippen LogP contribution in [0.15, 0.2) is 11.6 Å². The summed E-state index contributed by atoms with van der Waals surface area (Å²) in [6, 6.07) is 0. The Morgan fingerprint density at radius 2 is 1.88 bits per heavy atom. The average Bonchev–Trinajstić information content (AvgIpc) is 3.16. The topological polar surface area (TPSA) is 38.7 Å². The summed E-state index contributed by atoms with van der Waals surface area (Å²) in [4.78, 5) is 0. The van der Waals surface area contributed by atoms with E-state index in [9.17, 15) is 5.11 Å². The summed E-state index contributed by atoms with van der Waals surface area (Å²) in [5, 5.41) is 10.1. The first-order valence-corrected chi connectivity index (χ1v) is 10.6. The predicted octanol–water partition coefficient (Wildman–Crippen LogP) is 4.83. The first-order chi connectivity index (χ1) is 11.9. The fourth-order valence-electron chi connectivity index (χ4n) is 6.46. The average molecular weight is 349 g/mol. The molecule has 4 unspecified atom stereocenters. The molecule has 0 aromatic rings. The lowest BCUT2D eigenvalue weighted by Gasteiger charge is -2.49. The summed E-state index contributed by atoms with van der Waals surface area (Å²) >= 11 is 0. The van der Waals surface area contributed by atoms with Gasteiger partial charge in [-0.05, 0) is 68.6 Å². The lowest BCUT2D eigenvalue weighted by atomic mass is 9.57. The van der Waals surface area contributed by atoms with Crippen molar-refractivity contribution in [1.82, 2.24) is 0 Å². The predicted molar refractivity (Wildman–Crippen MR) is 99.1 cm³/mol. The Morgan fingerprint density at radius 3 is 2.64 bits per heavy atom. The van der Waals surface area contributed by atoms with E-state index in [1.54, 1.807) is 0 Å². The summed E-state index contributed by atoms with van der Waals surface area (Å²) in [6.45, 7) is 8.79. The standard InChI is InChI=1S/C22H36O3/c1-16-7-12-22(24-13-14-25-22)21(16,3)11-8-17-5-4-6-18-15-19(23)9-10-20(17,18)2/h6,16-17,19,23H,4-5,7-15H2,1-3H3/t16?,17-,19?,20?,21?/m1/s1. The third-order valence-corrected chi connectivity index (χ3v) is 8.62. The van der Waals surface area contributed by atoms with Gasteiger partial charge in [-0.15, -0.1) is 0 Å². The minimum Gasteiger partial charge on any atom is -0.393 e. The van der Waals surface area contributed by atoms with E-state index in [4.69, 9.17) is 9.47 Å². The molecule has 3 fully saturated rings. The van der Waals surface area contributed by atoms with Gasteiger partial charge in [0.05, 0.1) is 19.3 Å². The molecule has 3 aliphatic carbocycles. The fourth-order valence-corrected chi connectivity index (χ4v) is 6.46. The molecule has 25 heavy (non-hydrogen) atoms. The van der Waals surface area contributed by atoms with Crippen molar-refractivity contribution in [3.63, 3.8) is 0 Å². The first kappa shape index (κ1) is 18.0. The van der Waals surface area contributed by atoms with Crippen molar-refractivity contribution in [3.05, 3.63) is 11.6 Å². The molecule has 2 saturated carbocycles. The molecule has 0 bridgehead atoms. The Morgan fingerprint density at radius 1 is 1.12 bits per heavy atom. The van der Waals surface area contributed by atoms with Crippen LogP contribution in [0.25, 0.3) is 0 Å². The third kappa shape index (κ3) is 2.73. The van der Waals surface area contributed by atoms with Crippen molar-refractivity contribution in [2.24, 2.45) is 22.7 Å². The van der Waals surface area contributed by atoms with Gasteiger partial charge in [-0.3, -0.25) is 0 Å². The van der Waals surface area contributed by atoms with Crippen molar-refractivity contribution >= 4 is 0 Å². The van der Waals surface area contributed by atoms with Gasteiger partial charge in [0.15, 0.2) is 5.79 Å². The van der Waals surface area contributed by atoms with Gasteiger partial charge in [0, 0.05) is 11.8 Å². The van der Waals surface area contributed by atoms with E-state index in [1.807, 2.05) is 0 Å². The number of aliphatic hydroxyl groups is 1. The third-order valence-electron chi connectivity index (χ3n) is 8.62. The molecule has 5 atom stereocenters. The Labute approximate surface area is 153 Å². The van der Waals surface area contributed by atoms with Gasteiger partial charge in [0.2, 0.25) is 0 Å². The normalized spacial score (nSPS) is 46.2. The Kier molecular flexibility index (Phi) is 4.57. The Hall–Kier alpha value is -0.380. The zero-order chi connectivity index (χ0) is 17.7. The van der Waals surface area contributed by atoms with Crippen LogP contribution in [0.4, 0.5) is 0 Å². The van der Waals surface area contributed by atoms with Crippen LogP contribution < -0.4 is 0 Å². The van der Waals surface area contributed by atoms with E-state index in [0.29, 0.717) is 11.3 Å².